The van der Waals surface area contributed by atoms with E-state index in [1.54, 1.807) is 0 Å². The van der Waals surface area contributed by atoms with E-state index in [-0.39, 0.29) is 23.1 Å². The van der Waals surface area contributed by atoms with Gasteiger partial charge in [0.1, 0.15) is 0 Å². The van der Waals surface area contributed by atoms with E-state index < -0.39 is 5.41 Å². The van der Waals surface area contributed by atoms with Gasteiger partial charge in [-0.15, -0.1) is 0 Å². The van der Waals surface area contributed by atoms with E-state index in [0.717, 1.165) is 28.6 Å². The van der Waals surface area contributed by atoms with Gasteiger partial charge in [0.25, 0.3) is 0 Å². The molecule has 5 heteroatoms. The van der Waals surface area contributed by atoms with Crippen LogP contribution >= 0.6 is 0 Å². The summed E-state index contributed by atoms with van der Waals surface area (Å²) < 4.78 is 0. The lowest BCUT2D eigenvalue weighted by Crippen LogP contribution is -2.59. The van der Waals surface area contributed by atoms with Crippen LogP contribution < -0.4 is 5.73 Å². The number of H-pyrrole nitrogens is 1. The number of carbonyl (C=O) groups excluding carboxylic acids is 2. The molecule has 2 fully saturated rings. The molecule has 0 bridgehead atoms. The molecule has 0 spiro atoms. The summed E-state index contributed by atoms with van der Waals surface area (Å²) in [4.78, 5) is 30.6. The van der Waals surface area contributed by atoms with Gasteiger partial charge in [-0.1, -0.05) is 25.5 Å². The number of hydrogen-bond donors (Lipinski definition) is 2. The first kappa shape index (κ1) is 18.1. The SMILES string of the molecule is Cc1cc(C)c2[nH]c(C)c(CC(=O)N3C[C@@H]4C(C)(C)C[C@]4(C(N)=O)C3)c2c1. The molecule has 27 heavy (non-hydrogen) atoms. The summed E-state index contributed by atoms with van der Waals surface area (Å²) >= 11 is 0. The number of aromatic amines is 1. The Labute approximate surface area is 160 Å². The summed E-state index contributed by atoms with van der Waals surface area (Å²) in [6.45, 7) is 11.6. The number of hydrogen-bond acceptors (Lipinski definition) is 2. The van der Waals surface area contributed by atoms with Gasteiger partial charge in [-0.05, 0) is 55.7 Å². The van der Waals surface area contributed by atoms with Gasteiger partial charge in [0.15, 0.2) is 0 Å². The van der Waals surface area contributed by atoms with E-state index >= 15 is 0 Å². The van der Waals surface area contributed by atoms with Crippen LogP contribution in [0.5, 0.6) is 0 Å². The number of aromatic nitrogens is 1. The lowest BCUT2D eigenvalue weighted by Gasteiger charge is -2.54. The summed E-state index contributed by atoms with van der Waals surface area (Å²) in [5.74, 6) is 0.000591. The van der Waals surface area contributed by atoms with Crippen molar-refractivity contribution in [2.75, 3.05) is 13.1 Å². The summed E-state index contributed by atoms with van der Waals surface area (Å²) in [5, 5.41) is 1.13. The second kappa shape index (κ2) is 5.60. The van der Waals surface area contributed by atoms with E-state index in [4.69, 9.17) is 5.73 Å². The van der Waals surface area contributed by atoms with Crippen LogP contribution in [0.4, 0.5) is 0 Å². The molecule has 2 atom stereocenters. The van der Waals surface area contributed by atoms with Crippen molar-refractivity contribution in [3.63, 3.8) is 0 Å². The van der Waals surface area contributed by atoms with Crippen molar-refractivity contribution in [1.29, 1.82) is 0 Å². The molecule has 1 saturated heterocycles. The number of carbonyl (C=O) groups is 2. The van der Waals surface area contributed by atoms with Crippen LogP contribution in [0.15, 0.2) is 12.1 Å². The minimum Gasteiger partial charge on any atom is -0.369 e. The molecule has 0 radical (unpaired) electrons. The normalized spacial score (nSPS) is 26.1. The fourth-order valence-corrected chi connectivity index (χ4v) is 5.74. The van der Waals surface area contributed by atoms with Crippen LogP contribution in [0.1, 0.15) is 42.7 Å². The maximum atomic E-state index is 13.1. The van der Waals surface area contributed by atoms with Gasteiger partial charge in [-0.3, -0.25) is 9.59 Å². The van der Waals surface area contributed by atoms with Crippen molar-refractivity contribution in [2.24, 2.45) is 22.5 Å². The fraction of sp³-hybridized carbons (Fsp3) is 0.545. The molecule has 0 unspecified atom stereocenters. The molecule has 1 aliphatic heterocycles. The van der Waals surface area contributed by atoms with Crippen molar-refractivity contribution >= 4 is 22.7 Å². The predicted octanol–water partition coefficient (Wildman–Crippen LogP) is 3.00. The Kier molecular flexibility index (Phi) is 3.75. The predicted molar refractivity (Wildman–Crippen MR) is 106 cm³/mol. The highest BCUT2D eigenvalue weighted by Crippen LogP contribution is 2.62. The maximum Gasteiger partial charge on any atom is 0.227 e. The number of aryl methyl sites for hydroxylation is 3. The summed E-state index contributed by atoms with van der Waals surface area (Å²) in [7, 11) is 0. The number of primary amides is 1. The van der Waals surface area contributed by atoms with E-state index in [2.05, 4.69) is 44.8 Å². The average Bonchev–Trinajstić information content (AvgIpc) is 3.05. The first-order valence-corrected chi connectivity index (χ1v) is 9.71. The lowest BCUT2D eigenvalue weighted by atomic mass is 9.48. The molecule has 1 aromatic heterocycles. The number of fused-ring (bicyclic) bond motifs is 2. The largest absolute Gasteiger partial charge is 0.369 e. The molecule has 2 aliphatic rings. The number of nitrogens with zero attached hydrogens (tertiary/aromatic N) is 1. The molecule has 1 saturated carbocycles. The maximum absolute atomic E-state index is 13.1. The smallest absolute Gasteiger partial charge is 0.227 e. The van der Waals surface area contributed by atoms with Crippen LogP contribution in [-0.4, -0.2) is 34.8 Å². The first-order valence-electron chi connectivity index (χ1n) is 9.71. The highest BCUT2D eigenvalue weighted by Gasteiger charge is 2.66. The van der Waals surface area contributed by atoms with E-state index in [1.165, 1.54) is 11.1 Å². The van der Waals surface area contributed by atoms with E-state index in [1.807, 2.05) is 11.8 Å². The Morgan fingerprint density at radius 1 is 1.26 bits per heavy atom. The van der Waals surface area contributed by atoms with Crippen molar-refractivity contribution in [2.45, 2.75) is 47.5 Å². The number of benzene rings is 1. The van der Waals surface area contributed by atoms with E-state index in [0.29, 0.717) is 19.5 Å². The number of nitrogens with one attached hydrogen (secondary N) is 1. The highest BCUT2D eigenvalue weighted by atomic mass is 16.2. The molecule has 3 N–H and O–H groups in total. The quantitative estimate of drug-likeness (QED) is 0.875. The number of nitrogens with two attached hydrogens (primary N) is 1. The Balaban J connectivity index is 1.62. The average molecular weight is 367 g/mol. The zero-order valence-electron chi connectivity index (χ0n) is 16.9. The van der Waals surface area contributed by atoms with Crippen LogP contribution in [0.25, 0.3) is 10.9 Å². The molecule has 4 rings (SSSR count). The van der Waals surface area contributed by atoms with Crippen molar-refractivity contribution in [3.8, 4) is 0 Å². The van der Waals surface area contributed by atoms with Gasteiger partial charge in [0.05, 0.1) is 11.8 Å². The third-order valence-corrected chi connectivity index (χ3v) is 7.00. The van der Waals surface area contributed by atoms with Gasteiger partial charge in [-0.2, -0.15) is 0 Å². The van der Waals surface area contributed by atoms with Crippen molar-refractivity contribution < 1.29 is 9.59 Å². The van der Waals surface area contributed by atoms with Gasteiger partial charge in [-0.25, -0.2) is 0 Å². The monoisotopic (exact) mass is 367 g/mol. The zero-order valence-corrected chi connectivity index (χ0v) is 16.9. The molecular formula is C22H29N3O2. The Morgan fingerprint density at radius 2 is 1.96 bits per heavy atom. The number of rotatable bonds is 3. The second-order valence-corrected chi connectivity index (χ2v) is 9.42. The molecule has 5 nitrogen and oxygen atoms in total. The highest BCUT2D eigenvalue weighted by molar-refractivity contribution is 5.93. The van der Waals surface area contributed by atoms with Crippen molar-refractivity contribution in [3.05, 3.63) is 34.5 Å². The van der Waals surface area contributed by atoms with Crippen LogP contribution in [0.2, 0.25) is 0 Å². The van der Waals surface area contributed by atoms with Gasteiger partial charge in [0, 0.05) is 29.7 Å². The molecule has 2 aromatic rings. The van der Waals surface area contributed by atoms with Gasteiger partial charge < -0.3 is 15.6 Å². The fourth-order valence-electron chi connectivity index (χ4n) is 5.74. The summed E-state index contributed by atoms with van der Waals surface area (Å²) in [6, 6.07) is 4.30. The molecule has 1 aliphatic carbocycles. The van der Waals surface area contributed by atoms with Gasteiger partial charge in [0.2, 0.25) is 11.8 Å². The second-order valence-electron chi connectivity index (χ2n) is 9.42. The Bertz CT molecular complexity index is 972. The van der Waals surface area contributed by atoms with Crippen LogP contribution in [-0.2, 0) is 16.0 Å². The van der Waals surface area contributed by atoms with E-state index in [9.17, 15) is 9.59 Å². The standard InChI is InChI=1S/C22H29N3O2/c1-12-6-13(2)19-16(7-12)15(14(3)24-19)8-18(26)25-9-17-21(4,5)10-22(17,11-25)20(23)27/h6-7,17,24H,8-11H2,1-5H3,(H2,23,27)/t17-,22+/m1/s1. The molecule has 2 heterocycles. The first-order chi connectivity index (χ1) is 12.5. The van der Waals surface area contributed by atoms with Crippen LogP contribution in [0, 0.1) is 37.5 Å². The Morgan fingerprint density at radius 3 is 2.56 bits per heavy atom. The molecule has 2 amide bonds. The Hall–Kier alpha value is -2.30. The molecular weight excluding hydrogens is 338 g/mol. The topological polar surface area (TPSA) is 79.2 Å². The summed E-state index contributed by atoms with van der Waals surface area (Å²) in [5.41, 5.74) is 10.9. The summed E-state index contributed by atoms with van der Waals surface area (Å²) in [6.07, 6.45) is 1.13. The lowest BCUT2D eigenvalue weighted by molar-refractivity contribution is -0.148. The zero-order chi connectivity index (χ0) is 19.7. The van der Waals surface area contributed by atoms with Gasteiger partial charge >= 0.3 is 0 Å². The minimum absolute atomic E-state index is 0.0645. The third-order valence-electron chi connectivity index (χ3n) is 7.00. The number of amides is 2. The van der Waals surface area contributed by atoms with Crippen molar-refractivity contribution in [1.82, 2.24) is 9.88 Å². The minimum atomic E-state index is -0.526. The third kappa shape index (κ3) is 2.51. The number of likely N-dealkylation sites (tertiary alicyclic amines) is 1. The molecule has 1 aromatic carbocycles. The molecule has 144 valence electrons. The van der Waals surface area contributed by atoms with Crippen LogP contribution in [0.3, 0.4) is 0 Å².